The number of hydrogen-bond acceptors (Lipinski definition) is 3. The average Bonchev–Trinajstić information content (AvgIpc) is 2.67. The van der Waals surface area contributed by atoms with E-state index in [0.717, 1.165) is 11.9 Å². The largest absolute Gasteiger partial charge is 0.344 e. The lowest BCUT2D eigenvalue weighted by atomic mass is 10.3. The molecule has 0 aromatic carbocycles. The van der Waals surface area contributed by atoms with Crippen LogP contribution >= 0.6 is 0 Å². The van der Waals surface area contributed by atoms with Gasteiger partial charge in [0.05, 0.1) is 11.8 Å². The first-order chi connectivity index (χ1) is 7.31. The molecule has 2 rings (SSSR count). The van der Waals surface area contributed by atoms with Crippen LogP contribution in [0.4, 0.5) is 5.82 Å². The number of carbonyl (C=O) groups excluding carboxylic acids is 1. The van der Waals surface area contributed by atoms with Gasteiger partial charge in [-0.25, -0.2) is 9.97 Å². The van der Waals surface area contributed by atoms with E-state index in [1.54, 1.807) is 12.5 Å². The maximum atomic E-state index is 11.4. The summed E-state index contributed by atoms with van der Waals surface area (Å²) in [5, 5.41) is 2.74. The first-order valence-corrected chi connectivity index (χ1v) is 4.89. The molecule has 5 nitrogen and oxygen atoms in total. The molecule has 2 aromatic rings. The topological polar surface area (TPSA) is 70.7 Å². The van der Waals surface area contributed by atoms with Gasteiger partial charge in [-0.05, 0) is 12.5 Å². The maximum Gasteiger partial charge on any atom is 0.225 e. The van der Waals surface area contributed by atoms with Gasteiger partial charge in [0.25, 0.3) is 0 Å². The SMILES string of the molecule is CCCC(=O)Nc1nccc2[nH]cnc12. The molecule has 1 amide bonds. The molecule has 0 atom stereocenters. The quantitative estimate of drug-likeness (QED) is 0.799. The number of aromatic nitrogens is 3. The van der Waals surface area contributed by atoms with Crippen molar-refractivity contribution in [3.8, 4) is 0 Å². The molecule has 2 heterocycles. The lowest BCUT2D eigenvalue weighted by Gasteiger charge is -2.03. The Kier molecular flexibility index (Phi) is 2.62. The number of hydrogen-bond donors (Lipinski definition) is 2. The van der Waals surface area contributed by atoms with Crippen molar-refractivity contribution in [2.24, 2.45) is 0 Å². The van der Waals surface area contributed by atoms with E-state index in [-0.39, 0.29) is 5.91 Å². The van der Waals surface area contributed by atoms with E-state index in [1.807, 2.05) is 13.0 Å². The fourth-order valence-electron chi connectivity index (χ4n) is 1.38. The predicted molar refractivity (Wildman–Crippen MR) is 57.4 cm³/mol. The number of H-pyrrole nitrogens is 1. The van der Waals surface area contributed by atoms with Crippen molar-refractivity contribution >= 4 is 22.8 Å². The van der Waals surface area contributed by atoms with Crippen LogP contribution in [0.2, 0.25) is 0 Å². The molecule has 0 fully saturated rings. The fourth-order valence-corrected chi connectivity index (χ4v) is 1.38. The minimum Gasteiger partial charge on any atom is -0.344 e. The van der Waals surface area contributed by atoms with Gasteiger partial charge in [0.15, 0.2) is 5.82 Å². The molecular weight excluding hydrogens is 192 g/mol. The molecular formula is C10H12N4O. The molecule has 0 spiro atoms. The highest BCUT2D eigenvalue weighted by molar-refractivity contribution is 5.97. The highest BCUT2D eigenvalue weighted by atomic mass is 16.1. The molecule has 5 heteroatoms. The third kappa shape index (κ3) is 1.96. The summed E-state index contributed by atoms with van der Waals surface area (Å²) >= 11 is 0. The van der Waals surface area contributed by atoms with E-state index >= 15 is 0 Å². The summed E-state index contributed by atoms with van der Waals surface area (Å²) in [6, 6.07) is 1.82. The first kappa shape index (κ1) is 9.64. The number of rotatable bonds is 3. The van der Waals surface area contributed by atoms with E-state index in [0.29, 0.717) is 17.8 Å². The van der Waals surface area contributed by atoms with E-state index in [2.05, 4.69) is 20.3 Å². The minimum atomic E-state index is -0.0273. The van der Waals surface area contributed by atoms with Crippen molar-refractivity contribution < 1.29 is 4.79 Å². The van der Waals surface area contributed by atoms with Gasteiger partial charge in [-0.2, -0.15) is 0 Å². The normalized spacial score (nSPS) is 10.5. The number of pyridine rings is 1. The number of imidazole rings is 1. The van der Waals surface area contributed by atoms with Gasteiger partial charge in [0, 0.05) is 12.6 Å². The summed E-state index contributed by atoms with van der Waals surface area (Å²) in [6.07, 6.45) is 4.55. The number of nitrogens with zero attached hydrogens (tertiary/aromatic N) is 2. The number of aromatic amines is 1. The summed E-state index contributed by atoms with van der Waals surface area (Å²) in [5.74, 6) is 0.493. The van der Waals surface area contributed by atoms with Crippen LogP contribution in [0, 0.1) is 0 Å². The molecule has 0 aliphatic heterocycles. The average molecular weight is 204 g/mol. The monoisotopic (exact) mass is 204 g/mol. The number of amides is 1. The second kappa shape index (κ2) is 4.08. The van der Waals surface area contributed by atoms with Crippen molar-refractivity contribution in [1.29, 1.82) is 0 Å². The second-order valence-corrected chi connectivity index (χ2v) is 3.26. The van der Waals surface area contributed by atoms with Crippen molar-refractivity contribution in [3.05, 3.63) is 18.6 Å². The number of fused-ring (bicyclic) bond motifs is 1. The molecule has 2 aromatic heterocycles. The van der Waals surface area contributed by atoms with Crippen molar-refractivity contribution in [2.45, 2.75) is 19.8 Å². The smallest absolute Gasteiger partial charge is 0.225 e. The van der Waals surface area contributed by atoms with Crippen LogP contribution in [0.15, 0.2) is 18.6 Å². The standard InChI is InChI=1S/C10H12N4O/c1-2-3-8(15)14-10-9-7(4-5-11-10)12-6-13-9/h4-6H,2-3H2,1H3,(H,12,13)(H,11,14,15). The van der Waals surface area contributed by atoms with E-state index < -0.39 is 0 Å². The highest BCUT2D eigenvalue weighted by Crippen LogP contribution is 2.16. The van der Waals surface area contributed by atoms with Crippen molar-refractivity contribution in [3.63, 3.8) is 0 Å². The third-order valence-electron chi connectivity index (χ3n) is 2.07. The van der Waals surface area contributed by atoms with Crippen LogP contribution < -0.4 is 5.32 Å². The molecule has 2 N–H and O–H groups in total. The predicted octanol–water partition coefficient (Wildman–Crippen LogP) is 1.70. The van der Waals surface area contributed by atoms with Gasteiger partial charge < -0.3 is 10.3 Å². The van der Waals surface area contributed by atoms with Crippen molar-refractivity contribution in [2.75, 3.05) is 5.32 Å². The van der Waals surface area contributed by atoms with Gasteiger partial charge in [0.1, 0.15) is 5.52 Å². The van der Waals surface area contributed by atoms with Crippen LogP contribution in [-0.2, 0) is 4.79 Å². The Morgan fingerprint density at radius 2 is 2.40 bits per heavy atom. The highest BCUT2D eigenvalue weighted by Gasteiger charge is 2.07. The minimum absolute atomic E-state index is 0.0273. The first-order valence-electron chi connectivity index (χ1n) is 4.89. The van der Waals surface area contributed by atoms with E-state index in [4.69, 9.17) is 0 Å². The van der Waals surface area contributed by atoms with Crippen LogP contribution in [0.1, 0.15) is 19.8 Å². The van der Waals surface area contributed by atoms with Gasteiger partial charge in [-0.3, -0.25) is 4.79 Å². The summed E-state index contributed by atoms with van der Waals surface area (Å²) in [4.78, 5) is 22.5. The summed E-state index contributed by atoms with van der Waals surface area (Å²) in [6.45, 7) is 1.96. The van der Waals surface area contributed by atoms with Crippen molar-refractivity contribution in [1.82, 2.24) is 15.0 Å². The molecule has 15 heavy (non-hydrogen) atoms. The summed E-state index contributed by atoms with van der Waals surface area (Å²) in [5.41, 5.74) is 1.57. The molecule has 0 saturated carbocycles. The van der Waals surface area contributed by atoms with Gasteiger partial charge in [-0.1, -0.05) is 6.92 Å². The van der Waals surface area contributed by atoms with E-state index in [1.165, 1.54) is 0 Å². The van der Waals surface area contributed by atoms with Crippen LogP contribution in [0.25, 0.3) is 11.0 Å². The zero-order valence-corrected chi connectivity index (χ0v) is 8.45. The third-order valence-corrected chi connectivity index (χ3v) is 2.07. The zero-order chi connectivity index (χ0) is 10.7. The summed E-state index contributed by atoms with van der Waals surface area (Å²) in [7, 11) is 0. The molecule has 0 unspecified atom stereocenters. The second-order valence-electron chi connectivity index (χ2n) is 3.26. The summed E-state index contributed by atoms with van der Waals surface area (Å²) < 4.78 is 0. The maximum absolute atomic E-state index is 11.4. The molecule has 0 aliphatic rings. The van der Waals surface area contributed by atoms with E-state index in [9.17, 15) is 4.79 Å². The van der Waals surface area contributed by atoms with Gasteiger partial charge >= 0.3 is 0 Å². The Morgan fingerprint density at radius 1 is 1.53 bits per heavy atom. The Hall–Kier alpha value is -1.91. The van der Waals surface area contributed by atoms with Crippen LogP contribution in [0.3, 0.4) is 0 Å². The Balaban J connectivity index is 2.27. The molecule has 0 radical (unpaired) electrons. The molecule has 0 aliphatic carbocycles. The molecule has 0 bridgehead atoms. The molecule has 78 valence electrons. The lowest BCUT2D eigenvalue weighted by molar-refractivity contribution is -0.116. The van der Waals surface area contributed by atoms with Gasteiger partial charge in [-0.15, -0.1) is 0 Å². The number of anilines is 1. The Morgan fingerprint density at radius 3 is 3.20 bits per heavy atom. The van der Waals surface area contributed by atoms with Crippen LogP contribution in [0.5, 0.6) is 0 Å². The fraction of sp³-hybridized carbons (Fsp3) is 0.300. The van der Waals surface area contributed by atoms with Crippen LogP contribution in [-0.4, -0.2) is 20.9 Å². The Bertz CT molecular complexity index is 477. The zero-order valence-electron chi connectivity index (χ0n) is 8.45. The number of nitrogens with one attached hydrogen (secondary N) is 2. The number of carbonyl (C=O) groups is 1. The lowest BCUT2D eigenvalue weighted by Crippen LogP contribution is -2.12. The molecule has 0 saturated heterocycles. The Labute approximate surface area is 86.9 Å². The van der Waals surface area contributed by atoms with Gasteiger partial charge in [0.2, 0.25) is 5.91 Å².